The molecule has 0 aromatic heterocycles. The van der Waals surface area contributed by atoms with Crippen molar-refractivity contribution in [3.8, 4) is 11.1 Å². The summed E-state index contributed by atoms with van der Waals surface area (Å²) >= 11 is 2.06. The Labute approximate surface area is 284 Å². The number of benzene rings is 3. The summed E-state index contributed by atoms with van der Waals surface area (Å²) < 4.78 is 0. The van der Waals surface area contributed by atoms with Gasteiger partial charge >= 0.3 is 0 Å². The molecule has 0 fully saturated rings. The summed E-state index contributed by atoms with van der Waals surface area (Å²) in [6.07, 6.45) is 34.4. The van der Waals surface area contributed by atoms with Gasteiger partial charge in [0.15, 0.2) is 0 Å². The molecule has 3 aromatic rings. The molecule has 1 aliphatic heterocycles. The van der Waals surface area contributed by atoms with E-state index in [4.69, 9.17) is 0 Å². The summed E-state index contributed by atoms with van der Waals surface area (Å²) in [6, 6.07) is 21.4. The molecule has 232 valence electrons. The highest BCUT2D eigenvalue weighted by Crippen LogP contribution is 2.59. The van der Waals surface area contributed by atoms with E-state index >= 15 is 0 Å². The number of allylic oxidation sites excluding steroid dienone is 15. The average molecular weight is 628 g/mol. The zero-order valence-corrected chi connectivity index (χ0v) is 28.2. The molecular formula is C45H41NS. The van der Waals surface area contributed by atoms with Crippen molar-refractivity contribution in [3.63, 3.8) is 0 Å². The predicted molar refractivity (Wildman–Crippen MR) is 201 cm³/mol. The molecule has 6 aliphatic rings. The number of rotatable bonds is 5. The first-order valence-electron chi connectivity index (χ1n) is 17.4. The maximum atomic E-state index is 2.53. The lowest BCUT2D eigenvalue weighted by atomic mass is 9.81. The van der Waals surface area contributed by atoms with Crippen molar-refractivity contribution in [1.29, 1.82) is 0 Å². The molecule has 0 bridgehead atoms. The molecule has 0 saturated heterocycles. The summed E-state index contributed by atoms with van der Waals surface area (Å²) in [4.78, 5) is 4.02. The van der Waals surface area contributed by atoms with Crippen molar-refractivity contribution < 1.29 is 0 Å². The first-order valence-corrected chi connectivity index (χ1v) is 18.3. The summed E-state index contributed by atoms with van der Waals surface area (Å²) in [6.45, 7) is 4.85. The zero-order valence-electron chi connectivity index (χ0n) is 27.4. The molecule has 0 amide bonds. The standard InChI is InChI=1S/C45H41NS/c1-45(2)40-28-27-38-37-15-9-10-16-42(37)47-44(38)43(40)39-26-25-36(29-41(39)45)46(34-21-17-32(18-22-34)30-11-5-3-6-12-30)35-23-19-33(20-24-35)31-13-7-4-8-14-31/h3,5,7,9-11,13-17,19-21,23-29,37,42H,4,6,8,12,18,22H2,1-2H3. The molecule has 2 atom stereocenters. The Morgan fingerprint density at radius 2 is 1.57 bits per heavy atom. The Balaban J connectivity index is 1.14. The molecule has 0 radical (unpaired) electrons. The first-order chi connectivity index (χ1) is 23.1. The van der Waals surface area contributed by atoms with Crippen LogP contribution in [-0.2, 0) is 5.41 Å². The third-order valence-corrected chi connectivity index (χ3v) is 12.5. The van der Waals surface area contributed by atoms with E-state index in [1.807, 2.05) is 0 Å². The Hall–Kier alpha value is -4.27. The van der Waals surface area contributed by atoms with Crippen LogP contribution in [0, 0.1) is 0 Å². The fourth-order valence-electron chi connectivity index (χ4n) is 8.51. The topological polar surface area (TPSA) is 3.24 Å². The summed E-state index contributed by atoms with van der Waals surface area (Å²) in [5, 5.41) is 0.503. The third kappa shape index (κ3) is 4.83. The highest BCUT2D eigenvalue weighted by molar-refractivity contribution is 8.00. The number of thioether (sulfide) groups is 1. The minimum absolute atomic E-state index is 0.0694. The van der Waals surface area contributed by atoms with Gasteiger partial charge in [-0.3, -0.25) is 0 Å². The number of fused-ring (bicyclic) bond motifs is 7. The van der Waals surface area contributed by atoms with Gasteiger partial charge in [0.25, 0.3) is 0 Å². The third-order valence-electron chi connectivity index (χ3n) is 11.1. The van der Waals surface area contributed by atoms with Crippen LogP contribution in [0.1, 0.15) is 80.5 Å². The largest absolute Gasteiger partial charge is 0.314 e. The SMILES string of the molecule is CC1(C)c2cc(N(C3=CC=C(C4=CC=CCC4)CC3)c3ccc(C4=CCCC=C4)cc3)ccc2-c2c1ccc1c2SC2C=CC=CC12. The Bertz CT molecular complexity index is 2040. The van der Waals surface area contributed by atoms with E-state index in [9.17, 15) is 0 Å². The molecule has 2 heteroatoms. The number of nitrogens with zero attached hydrogens (tertiary/aromatic N) is 1. The van der Waals surface area contributed by atoms with Gasteiger partial charge in [0.05, 0.1) is 0 Å². The normalized spacial score (nSPS) is 22.9. The fraction of sp³-hybridized carbons (Fsp3) is 0.244. The van der Waals surface area contributed by atoms with Crippen LogP contribution in [0.2, 0.25) is 0 Å². The smallest absolute Gasteiger partial charge is 0.0461 e. The van der Waals surface area contributed by atoms with Gasteiger partial charge in [-0.2, -0.15) is 0 Å². The van der Waals surface area contributed by atoms with E-state index in [0.29, 0.717) is 11.2 Å². The summed E-state index contributed by atoms with van der Waals surface area (Å²) in [5.41, 5.74) is 16.7. The first kappa shape index (κ1) is 28.9. The lowest BCUT2D eigenvalue weighted by Gasteiger charge is -2.32. The van der Waals surface area contributed by atoms with Crippen LogP contribution in [0.15, 0.2) is 149 Å². The van der Waals surface area contributed by atoms with Crippen molar-refractivity contribution in [1.82, 2.24) is 0 Å². The number of hydrogen-bond donors (Lipinski definition) is 0. The molecule has 1 heterocycles. The second kappa shape index (κ2) is 11.5. The molecule has 0 saturated carbocycles. The lowest BCUT2D eigenvalue weighted by Crippen LogP contribution is -2.20. The molecular weight excluding hydrogens is 587 g/mol. The quantitative estimate of drug-likeness (QED) is 0.277. The van der Waals surface area contributed by atoms with Crippen LogP contribution < -0.4 is 4.90 Å². The van der Waals surface area contributed by atoms with Crippen LogP contribution in [0.5, 0.6) is 0 Å². The summed E-state index contributed by atoms with van der Waals surface area (Å²) in [7, 11) is 0. The molecule has 0 N–H and O–H groups in total. The zero-order chi connectivity index (χ0) is 31.5. The van der Waals surface area contributed by atoms with Gasteiger partial charge in [0.2, 0.25) is 0 Å². The predicted octanol–water partition coefficient (Wildman–Crippen LogP) is 12.4. The van der Waals surface area contributed by atoms with Gasteiger partial charge in [-0.15, -0.1) is 11.8 Å². The molecule has 1 nitrogen and oxygen atoms in total. The van der Waals surface area contributed by atoms with Crippen LogP contribution in [0.25, 0.3) is 16.7 Å². The van der Waals surface area contributed by atoms with Crippen LogP contribution in [0.4, 0.5) is 11.4 Å². The van der Waals surface area contributed by atoms with Crippen molar-refractivity contribution in [2.24, 2.45) is 0 Å². The molecule has 9 rings (SSSR count). The molecule has 0 spiro atoms. The van der Waals surface area contributed by atoms with Crippen LogP contribution in [0.3, 0.4) is 0 Å². The van der Waals surface area contributed by atoms with Crippen molar-refractivity contribution in [2.45, 2.75) is 73.9 Å². The van der Waals surface area contributed by atoms with Crippen LogP contribution >= 0.6 is 11.8 Å². The maximum Gasteiger partial charge on any atom is 0.0461 e. The second-order valence-corrected chi connectivity index (χ2v) is 15.4. The molecule has 3 aromatic carbocycles. The maximum absolute atomic E-state index is 2.53. The minimum atomic E-state index is -0.0694. The Morgan fingerprint density at radius 3 is 2.36 bits per heavy atom. The van der Waals surface area contributed by atoms with E-state index < -0.39 is 0 Å². The average Bonchev–Trinajstić information content (AvgIpc) is 3.62. The highest BCUT2D eigenvalue weighted by atomic mass is 32.2. The Kier molecular flexibility index (Phi) is 7.05. The number of anilines is 2. The molecule has 2 unspecified atom stereocenters. The van der Waals surface area contributed by atoms with E-state index in [2.05, 4.69) is 158 Å². The second-order valence-electron chi connectivity index (χ2n) is 14.2. The van der Waals surface area contributed by atoms with Crippen LogP contribution in [-0.4, -0.2) is 5.25 Å². The van der Waals surface area contributed by atoms with Crippen molar-refractivity contribution in [3.05, 3.63) is 167 Å². The van der Waals surface area contributed by atoms with Gasteiger partial charge in [0, 0.05) is 38.6 Å². The van der Waals surface area contributed by atoms with Gasteiger partial charge in [-0.1, -0.05) is 111 Å². The highest BCUT2D eigenvalue weighted by Gasteiger charge is 2.42. The lowest BCUT2D eigenvalue weighted by molar-refractivity contribution is 0.659. The minimum Gasteiger partial charge on any atom is -0.314 e. The summed E-state index contributed by atoms with van der Waals surface area (Å²) in [5.74, 6) is 0.478. The fourth-order valence-corrected chi connectivity index (χ4v) is 10.0. The monoisotopic (exact) mass is 627 g/mol. The van der Waals surface area contributed by atoms with Crippen molar-refractivity contribution >= 4 is 28.7 Å². The number of hydrogen-bond acceptors (Lipinski definition) is 2. The van der Waals surface area contributed by atoms with Crippen molar-refractivity contribution in [2.75, 3.05) is 4.90 Å². The van der Waals surface area contributed by atoms with Gasteiger partial charge in [0.1, 0.15) is 0 Å². The Morgan fingerprint density at radius 1 is 0.723 bits per heavy atom. The molecule has 47 heavy (non-hydrogen) atoms. The van der Waals surface area contributed by atoms with E-state index in [1.54, 1.807) is 0 Å². The van der Waals surface area contributed by atoms with E-state index in [-0.39, 0.29) is 5.41 Å². The van der Waals surface area contributed by atoms with Gasteiger partial charge in [-0.25, -0.2) is 0 Å². The van der Waals surface area contributed by atoms with Gasteiger partial charge < -0.3 is 4.90 Å². The molecule has 5 aliphatic carbocycles. The van der Waals surface area contributed by atoms with Gasteiger partial charge in [-0.05, 0) is 119 Å². The van der Waals surface area contributed by atoms with E-state index in [0.717, 1.165) is 38.5 Å². The van der Waals surface area contributed by atoms with E-state index in [1.165, 1.54) is 72.1 Å².